The van der Waals surface area contributed by atoms with Gasteiger partial charge >= 0.3 is 0 Å². The molecule has 1 N–H and O–H groups in total. The van der Waals surface area contributed by atoms with Gasteiger partial charge in [0.05, 0.1) is 13.4 Å². The van der Waals surface area contributed by atoms with Gasteiger partial charge in [-0.05, 0) is 42.8 Å². The predicted octanol–water partition coefficient (Wildman–Crippen LogP) is 3.68. The molecule has 0 spiro atoms. The highest BCUT2D eigenvalue weighted by atomic mass is 79.9. The van der Waals surface area contributed by atoms with E-state index in [0.717, 1.165) is 11.3 Å². The normalized spacial score (nSPS) is 12.7. The fraction of sp³-hybridized carbons (Fsp3) is 0.167. The van der Waals surface area contributed by atoms with E-state index >= 15 is 0 Å². The second kappa shape index (κ2) is 7.61. The number of nitrogens with one attached hydrogen (secondary N) is 1. The van der Waals surface area contributed by atoms with Crippen LogP contribution in [0.5, 0.6) is 5.75 Å². The van der Waals surface area contributed by atoms with Gasteiger partial charge < -0.3 is 9.30 Å². The SMILES string of the molecule is COc1ccc(Br)cc1S(=O)(=O)NC(C)c1ccc(-n2ccnc2)cc1. The lowest BCUT2D eigenvalue weighted by atomic mass is 10.1. The number of sulfonamides is 1. The molecule has 0 aliphatic carbocycles. The molecule has 0 aliphatic rings. The van der Waals surface area contributed by atoms with Gasteiger partial charge in [0.2, 0.25) is 10.0 Å². The summed E-state index contributed by atoms with van der Waals surface area (Å²) >= 11 is 3.30. The van der Waals surface area contributed by atoms with E-state index < -0.39 is 16.1 Å². The number of benzene rings is 2. The molecule has 0 radical (unpaired) electrons. The van der Waals surface area contributed by atoms with E-state index in [9.17, 15) is 8.42 Å². The minimum atomic E-state index is -3.75. The fourth-order valence-electron chi connectivity index (χ4n) is 2.57. The van der Waals surface area contributed by atoms with Crippen LogP contribution in [0.4, 0.5) is 0 Å². The number of nitrogens with zero attached hydrogens (tertiary/aromatic N) is 2. The lowest BCUT2D eigenvalue weighted by Gasteiger charge is -2.17. The number of imidazole rings is 1. The molecule has 8 heteroatoms. The molecule has 2 aromatic carbocycles. The van der Waals surface area contributed by atoms with Crippen molar-refractivity contribution in [3.05, 3.63) is 71.2 Å². The van der Waals surface area contributed by atoms with Crippen LogP contribution in [0.15, 0.2) is 70.6 Å². The molecule has 1 heterocycles. The Labute approximate surface area is 161 Å². The molecule has 26 heavy (non-hydrogen) atoms. The van der Waals surface area contributed by atoms with Crippen molar-refractivity contribution in [3.63, 3.8) is 0 Å². The highest BCUT2D eigenvalue weighted by Gasteiger charge is 2.22. The van der Waals surface area contributed by atoms with Gasteiger partial charge in [-0.1, -0.05) is 28.1 Å². The van der Waals surface area contributed by atoms with Crippen molar-refractivity contribution in [2.24, 2.45) is 0 Å². The smallest absolute Gasteiger partial charge is 0.244 e. The maximum Gasteiger partial charge on any atom is 0.244 e. The molecule has 0 saturated heterocycles. The average molecular weight is 436 g/mol. The van der Waals surface area contributed by atoms with Crippen molar-refractivity contribution in [3.8, 4) is 11.4 Å². The number of rotatable bonds is 6. The molecule has 0 fully saturated rings. The summed E-state index contributed by atoms with van der Waals surface area (Å²) in [6.45, 7) is 1.80. The van der Waals surface area contributed by atoms with Crippen molar-refractivity contribution in [2.45, 2.75) is 17.9 Å². The molecule has 0 amide bonds. The Bertz CT molecular complexity index is 987. The largest absolute Gasteiger partial charge is 0.495 e. The van der Waals surface area contributed by atoms with Crippen molar-refractivity contribution in [2.75, 3.05) is 7.11 Å². The van der Waals surface area contributed by atoms with Crippen LogP contribution in [0.2, 0.25) is 0 Å². The summed E-state index contributed by atoms with van der Waals surface area (Å²) in [7, 11) is -2.30. The van der Waals surface area contributed by atoms with Crippen LogP contribution in [0.25, 0.3) is 5.69 Å². The van der Waals surface area contributed by atoms with E-state index in [2.05, 4.69) is 25.6 Å². The molecular formula is C18H18BrN3O3S. The number of hydrogen-bond donors (Lipinski definition) is 1. The zero-order valence-electron chi connectivity index (χ0n) is 14.3. The Morgan fingerprint density at radius 3 is 2.54 bits per heavy atom. The van der Waals surface area contributed by atoms with E-state index in [4.69, 9.17) is 4.74 Å². The highest BCUT2D eigenvalue weighted by Crippen LogP contribution is 2.28. The second-order valence-corrected chi connectivity index (χ2v) is 8.30. The van der Waals surface area contributed by atoms with Crippen LogP contribution < -0.4 is 9.46 Å². The zero-order chi connectivity index (χ0) is 18.7. The van der Waals surface area contributed by atoms with Gasteiger partial charge in [-0.25, -0.2) is 18.1 Å². The minimum Gasteiger partial charge on any atom is -0.495 e. The molecule has 0 aliphatic heterocycles. The van der Waals surface area contributed by atoms with Crippen molar-refractivity contribution in [1.29, 1.82) is 0 Å². The van der Waals surface area contributed by atoms with Crippen LogP contribution in [0, 0.1) is 0 Å². The molecule has 136 valence electrons. The summed E-state index contributed by atoms with van der Waals surface area (Å²) in [6, 6.07) is 12.1. The van der Waals surface area contributed by atoms with E-state index in [1.54, 1.807) is 31.6 Å². The van der Waals surface area contributed by atoms with Crippen LogP contribution in [-0.2, 0) is 10.0 Å². The molecule has 1 atom stereocenters. The first-order chi connectivity index (χ1) is 12.4. The lowest BCUT2D eigenvalue weighted by Crippen LogP contribution is -2.27. The zero-order valence-corrected chi connectivity index (χ0v) is 16.7. The monoisotopic (exact) mass is 435 g/mol. The minimum absolute atomic E-state index is 0.0938. The van der Waals surface area contributed by atoms with Gasteiger partial charge in [-0.15, -0.1) is 0 Å². The molecule has 3 rings (SSSR count). The Balaban J connectivity index is 1.83. The first kappa shape index (κ1) is 18.6. The first-order valence-corrected chi connectivity index (χ1v) is 10.1. The van der Waals surface area contributed by atoms with E-state index in [1.165, 1.54) is 13.2 Å². The van der Waals surface area contributed by atoms with Crippen molar-refractivity contribution < 1.29 is 13.2 Å². The molecular weight excluding hydrogens is 418 g/mol. The third-order valence-corrected chi connectivity index (χ3v) is 6.00. The maximum absolute atomic E-state index is 12.8. The third kappa shape index (κ3) is 3.98. The molecule has 1 aromatic heterocycles. The maximum atomic E-state index is 12.8. The Hall–Kier alpha value is -2.16. The summed E-state index contributed by atoms with van der Waals surface area (Å²) in [6.07, 6.45) is 5.26. The van der Waals surface area contributed by atoms with Crippen LogP contribution in [-0.4, -0.2) is 25.1 Å². The van der Waals surface area contributed by atoms with Gasteiger partial charge in [-0.2, -0.15) is 0 Å². The second-order valence-electron chi connectivity index (χ2n) is 5.70. The molecule has 3 aromatic rings. The number of methoxy groups -OCH3 is 1. The Kier molecular flexibility index (Phi) is 5.45. The Morgan fingerprint density at radius 2 is 1.92 bits per heavy atom. The van der Waals surface area contributed by atoms with Crippen molar-refractivity contribution in [1.82, 2.24) is 14.3 Å². The quantitative estimate of drug-likeness (QED) is 0.640. The van der Waals surface area contributed by atoms with E-state index in [0.29, 0.717) is 10.2 Å². The van der Waals surface area contributed by atoms with Crippen LogP contribution in [0.1, 0.15) is 18.5 Å². The van der Waals surface area contributed by atoms with Gasteiger partial charge in [0.15, 0.2) is 0 Å². The van der Waals surface area contributed by atoms with Gasteiger partial charge in [0, 0.05) is 28.6 Å². The number of hydrogen-bond acceptors (Lipinski definition) is 4. The van der Waals surface area contributed by atoms with Gasteiger partial charge in [-0.3, -0.25) is 0 Å². The average Bonchev–Trinajstić information content (AvgIpc) is 3.16. The summed E-state index contributed by atoms with van der Waals surface area (Å²) in [5, 5.41) is 0. The van der Waals surface area contributed by atoms with Gasteiger partial charge in [0.1, 0.15) is 10.6 Å². The van der Waals surface area contributed by atoms with Crippen LogP contribution >= 0.6 is 15.9 Å². The molecule has 6 nitrogen and oxygen atoms in total. The molecule has 0 saturated carbocycles. The standard InChI is InChI=1S/C18H18BrN3O3S/c1-13(14-3-6-16(7-4-14)22-10-9-20-12-22)21-26(23,24)18-11-15(19)5-8-17(18)25-2/h3-13,21H,1-2H3. The summed E-state index contributed by atoms with van der Waals surface area (Å²) < 4.78 is 36.0. The van der Waals surface area contributed by atoms with Crippen molar-refractivity contribution >= 4 is 26.0 Å². The van der Waals surface area contributed by atoms with Crippen LogP contribution in [0.3, 0.4) is 0 Å². The summed E-state index contributed by atoms with van der Waals surface area (Å²) in [5.74, 6) is 0.295. The lowest BCUT2D eigenvalue weighted by molar-refractivity contribution is 0.402. The van der Waals surface area contributed by atoms with E-state index in [1.807, 2.05) is 35.0 Å². The first-order valence-electron chi connectivity index (χ1n) is 7.85. The number of halogens is 1. The number of ether oxygens (including phenoxy) is 1. The summed E-state index contributed by atoms with van der Waals surface area (Å²) in [4.78, 5) is 4.11. The van der Waals surface area contributed by atoms with Gasteiger partial charge in [0.25, 0.3) is 0 Å². The molecule has 0 bridgehead atoms. The molecule has 1 unspecified atom stereocenters. The topological polar surface area (TPSA) is 73.2 Å². The number of aromatic nitrogens is 2. The predicted molar refractivity (Wildman–Crippen MR) is 103 cm³/mol. The third-order valence-electron chi connectivity index (χ3n) is 3.94. The Morgan fingerprint density at radius 1 is 1.19 bits per heavy atom. The highest BCUT2D eigenvalue weighted by molar-refractivity contribution is 9.10. The fourth-order valence-corrected chi connectivity index (χ4v) is 4.51. The summed E-state index contributed by atoms with van der Waals surface area (Å²) in [5.41, 5.74) is 1.81. The van der Waals surface area contributed by atoms with E-state index in [-0.39, 0.29) is 4.90 Å².